The summed E-state index contributed by atoms with van der Waals surface area (Å²) in [6, 6.07) is 3.72. The van der Waals surface area contributed by atoms with Crippen molar-refractivity contribution in [3.05, 3.63) is 34.3 Å². The van der Waals surface area contributed by atoms with Gasteiger partial charge < -0.3 is 20.5 Å². The molecule has 110 valence electrons. The molecular weight excluding hydrogens is 322 g/mol. The van der Waals surface area contributed by atoms with Crippen LogP contribution in [0.5, 0.6) is 11.5 Å². The van der Waals surface area contributed by atoms with Crippen LogP contribution in [-0.4, -0.2) is 26.7 Å². The molecule has 3 N–H and O–H groups in total. The summed E-state index contributed by atoms with van der Waals surface area (Å²) in [6.07, 6.45) is 0. The number of halogens is 1. The summed E-state index contributed by atoms with van der Waals surface area (Å²) in [4.78, 5) is 4.27. The molecule has 0 atom stereocenters. The third-order valence-corrected chi connectivity index (χ3v) is 3.28. The van der Waals surface area contributed by atoms with E-state index in [2.05, 4.69) is 32.8 Å². The minimum atomic E-state index is 0.384. The van der Waals surface area contributed by atoms with Gasteiger partial charge in [-0.1, -0.05) is 28.1 Å². The fourth-order valence-corrected chi connectivity index (χ4v) is 1.93. The van der Waals surface area contributed by atoms with E-state index in [-0.39, 0.29) is 0 Å². The van der Waals surface area contributed by atoms with Crippen LogP contribution in [0.15, 0.2) is 33.7 Å². The molecule has 0 aromatic heterocycles. The molecule has 0 amide bonds. The number of hydrogen-bond donors (Lipinski definition) is 2. The predicted octanol–water partition coefficient (Wildman–Crippen LogP) is 2.45. The highest BCUT2D eigenvalue weighted by molar-refractivity contribution is 9.10. The van der Waals surface area contributed by atoms with Crippen molar-refractivity contribution in [2.24, 2.45) is 10.7 Å². The van der Waals surface area contributed by atoms with Crippen LogP contribution >= 0.6 is 15.9 Å². The van der Waals surface area contributed by atoms with Gasteiger partial charge in [0.25, 0.3) is 0 Å². The zero-order valence-electron chi connectivity index (χ0n) is 12.0. The van der Waals surface area contributed by atoms with E-state index in [1.54, 1.807) is 14.2 Å². The summed E-state index contributed by atoms with van der Waals surface area (Å²) < 4.78 is 11.4. The molecule has 0 saturated heterocycles. The summed E-state index contributed by atoms with van der Waals surface area (Å²) in [6.45, 7) is 6.77. The number of methoxy groups -OCH3 is 2. The van der Waals surface area contributed by atoms with Gasteiger partial charge in [-0.25, -0.2) is 4.99 Å². The molecule has 0 aliphatic rings. The SMILES string of the molecule is C=C(C)CNC(N)=NCc1cc(OC)c(OC)cc1Br. The van der Waals surface area contributed by atoms with E-state index >= 15 is 0 Å². The number of benzene rings is 1. The Morgan fingerprint density at radius 3 is 2.50 bits per heavy atom. The molecule has 0 bridgehead atoms. The number of nitrogens with zero attached hydrogens (tertiary/aromatic N) is 1. The fraction of sp³-hybridized carbons (Fsp3) is 0.357. The van der Waals surface area contributed by atoms with E-state index in [1.807, 2.05) is 19.1 Å². The van der Waals surface area contributed by atoms with Gasteiger partial charge in [0, 0.05) is 11.0 Å². The third kappa shape index (κ3) is 4.77. The van der Waals surface area contributed by atoms with Crippen LogP contribution in [-0.2, 0) is 6.54 Å². The summed E-state index contributed by atoms with van der Waals surface area (Å²) >= 11 is 3.48. The molecule has 0 fully saturated rings. The first-order valence-electron chi connectivity index (χ1n) is 6.06. The number of hydrogen-bond acceptors (Lipinski definition) is 3. The maximum Gasteiger partial charge on any atom is 0.189 e. The molecular formula is C14H20BrN3O2. The lowest BCUT2D eigenvalue weighted by atomic mass is 10.2. The molecule has 0 unspecified atom stereocenters. The highest BCUT2D eigenvalue weighted by Gasteiger charge is 2.09. The minimum Gasteiger partial charge on any atom is -0.493 e. The Kier molecular flexibility index (Phi) is 6.38. The number of ether oxygens (including phenoxy) is 2. The first kappa shape index (κ1) is 16.4. The largest absolute Gasteiger partial charge is 0.493 e. The number of nitrogens with two attached hydrogens (primary N) is 1. The highest BCUT2D eigenvalue weighted by Crippen LogP contribution is 2.33. The summed E-state index contributed by atoms with van der Waals surface area (Å²) in [5.74, 6) is 1.71. The standard InChI is InChI=1S/C14H20BrN3O2/c1-9(2)7-17-14(16)18-8-10-5-12(19-3)13(20-4)6-11(10)15/h5-6H,1,7-8H2,2-4H3,(H3,16,17,18). The maximum atomic E-state index is 5.77. The van der Waals surface area contributed by atoms with Crippen molar-refractivity contribution < 1.29 is 9.47 Å². The third-order valence-electron chi connectivity index (χ3n) is 2.54. The lowest BCUT2D eigenvalue weighted by Crippen LogP contribution is -2.32. The van der Waals surface area contributed by atoms with Crippen molar-refractivity contribution in [1.29, 1.82) is 0 Å². The first-order valence-corrected chi connectivity index (χ1v) is 6.85. The minimum absolute atomic E-state index is 0.384. The molecule has 0 aliphatic heterocycles. The molecule has 20 heavy (non-hydrogen) atoms. The average Bonchev–Trinajstić information content (AvgIpc) is 2.43. The predicted molar refractivity (Wildman–Crippen MR) is 85.4 cm³/mol. The van der Waals surface area contributed by atoms with Gasteiger partial charge in [-0.05, 0) is 24.6 Å². The molecule has 6 heteroatoms. The summed E-state index contributed by atoms with van der Waals surface area (Å²) in [5, 5.41) is 2.98. The second kappa shape index (κ2) is 7.79. The van der Waals surface area contributed by atoms with Gasteiger partial charge in [0.1, 0.15) is 0 Å². The second-order valence-electron chi connectivity index (χ2n) is 4.31. The van der Waals surface area contributed by atoms with Gasteiger partial charge in [-0.2, -0.15) is 0 Å². The summed E-state index contributed by atoms with van der Waals surface area (Å²) in [7, 11) is 3.20. The van der Waals surface area contributed by atoms with Gasteiger partial charge in [0.05, 0.1) is 20.8 Å². The number of guanidine groups is 1. The van der Waals surface area contributed by atoms with Crippen molar-refractivity contribution >= 4 is 21.9 Å². The first-order chi connectivity index (χ1) is 9.47. The van der Waals surface area contributed by atoms with Crippen molar-refractivity contribution in [2.45, 2.75) is 13.5 Å². The van der Waals surface area contributed by atoms with Crippen LogP contribution in [0.3, 0.4) is 0 Å². The van der Waals surface area contributed by atoms with E-state index in [0.717, 1.165) is 15.6 Å². The molecule has 0 saturated carbocycles. The van der Waals surface area contributed by atoms with Crippen molar-refractivity contribution in [3.8, 4) is 11.5 Å². The van der Waals surface area contributed by atoms with E-state index < -0.39 is 0 Å². The highest BCUT2D eigenvalue weighted by atomic mass is 79.9. The lowest BCUT2D eigenvalue weighted by molar-refractivity contribution is 0.354. The Morgan fingerprint density at radius 1 is 1.35 bits per heavy atom. The fourth-order valence-electron chi connectivity index (χ4n) is 1.49. The normalized spacial score (nSPS) is 11.1. The Hall–Kier alpha value is -1.69. The second-order valence-corrected chi connectivity index (χ2v) is 5.17. The molecule has 0 aliphatic carbocycles. The Labute approximate surface area is 128 Å². The summed E-state index contributed by atoms with van der Waals surface area (Å²) in [5.41, 5.74) is 7.73. The molecule has 5 nitrogen and oxygen atoms in total. The number of aliphatic imine (C=N–C) groups is 1. The average molecular weight is 342 g/mol. The van der Waals surface area contributed by atoms with Crippen molar-refractivity contribution in [3.63, 3.8) is 0 Å². The molecule has 0 radical (unpaired) electrons. The van der Waals surface area contributed by atoms with E-state index in [0.29, 0.717) is 30.5 Å². The van der Waals surface area contributed by atoms with Crippen LogP contribution in [0.1, 0.15) is 12.5 Å². The van der Waals surface area contributed by atoms with Crippen LogP contribution in [0.4, 0.5) is 0 Å². The van der Waals surface area contributed by atoms with Gasteiger partial charge in [-0.3, -0.25) is 0 Å². The monoisotopic (exact) mass is 341 g/mol. The van der Waals surface area contributed by atoms with Crippen LogP contribution in [0, 0.1) is 0 Å². The van der Waals surface area contributed by atoms with Crippen LogP contribution < -0.4 is 20.5 Å². The van der Waals surface area contributed by atoms with Gasteiger partial charge in [0.2, 0.25) is 0 Å². The number of nitrogens with one attached hydrogen (secondary N) is 1. The van der Waals surface area contributed by atoms with Crippen molar-refractivity contribution in [2.75, 3.05) is 20.8 Å². The molecule has 1 aromatic carbocycles. The van der Waals surface area contributed by atoms with E-state index in [9.17, 15) is 0 Å². The maximum absolute atomic E-state index is 5.77. The Balaban J connectivity index is 2.82. The van der Waals surface area contributed by atoms with Gasteiger partial charge >= 0.3 is 0 Å². The lowest BCUT2D eigenvalue weighted by Gasteiger charge is -2.11. The molecule has 1 aromatic rings. The van der Waals surface area contributed by atoms with Gasteiger partial charge in [0.15, 0.2) is 17.5 Å². The Bertz CT molecular complexity index is 515. The topological polar surface area (TPSA) is 68.9 Å². The smallest absolute Gasteiger partial charge is 0.189 e. The number of rotatable bonds is 6. The van der Waals surface area contributed by atoms with Gasteiger partial charge in [-0.15, -0.1) is 0 Å². The Morgan fingerprint density at radius 2 is 1.95 bits per heavy atom. The zero-order chi connectivity index (χ0) is 15.1. The van der Waals surface area contributed by atoms with E-state index in [1.165, 1.54) is 0 Å². The van der Waals surface area contributed by atoms with Crippen LogP contribution in [0.25, 0.3) is 0 Å². The zero-order valence-corrected chi connectivity index (χ0v) is 13.6. The van der Waals surface area contributed by atoms with E-state index in [4.69, 9.17) is 15.2 Å². The van der Waals surface area contributed by atoms with Crippen molar-refractivity contribution in [1.82, 2.24) is 5.32 Å². The molecule has 1 rings (SSSR count). The van der Waals surface area contributed by atoms with Crippen LogP contribution in [0.2, 0.25) is 0 Å². The molecule has 0 spiro atoms. The molecule has 0 heterocycles. The quantitative estimate of drug-likeness (QED) is 0.473.